The van der Waals surface area contributed by atoms with E-state index in [1.165, 1.54) is 16.4 Å². The predicted octanol–water partition coefficient (Wildman–Crippen LogP) is 0.741. The maximum absolute atomic E-state index is 12.6. The van der Waals surface area contributed by atoms with Gasteiger partial charge >= 0.3 is 0 Å². The van der Waals surface area contributed by atoms with Crippen molar-refractivity contribution < 1.29 is 13.2 Å². The van der Waals surface area contributed by atoms with E-state index in [4.69, 9.17) is 17.3 Å². The molecule has 1 fully saturated rings. The van der Waals surface area contributed by atoms with Crippen molar-refractivity contribution in [2.24, 2.45) is 0 Å². The van der Waals surface area contributed by atoms with E-state index in [0.29, 0.717) is 17.8 Å². The SMILES string of the molecule is Cc1c(N)cc(Cl)cc1S(=O)(=O)N1CCNC(=O)CC1. The smallest absolute Gasteiger partial charge is 0.243 e. The quantitative estimate of drug-likeness (QED) is 0.787. The highest BCUT2D eigenvalue weighted by Crippen LogP contribution is 2.28. The van der Waals surface area contributed by atoms with Crippen molar-refractivity contribution in [2.75, 3.05) is 25.4 Å². The second kappa shape index (κ2) is 5.59. The Bertz CT molecular complexity index is 646. The lowest BCUT2D eigenvalue weighted by molar-refractivity contribution is -0.120. The van der Waals surface area contributed by atoms with Crippen LogP contribution in [0.5, 0.6) is 0 Å². The van der Waals surface area contributed by atoms with Crippen LogP contribution in [0.15, 0.2) is 17.0 Å². The zero-order valence-corrected chi connectivity index (χ0v) is 12.6. The van der Waals surface area contributed by atoms with Crippen molar-refractivity contribution >= 4 is 33.2 Å². The molecule has 6 nitrogen and oxygen atoms in total. The van der Waals surface area contributed by atoms with Crippen LogP contribution in [0, 0.1) is 6.92 Å². The number of halogens is 1. The van der Waals surface area contributed by atoms with Gasteiger partial charge in [-0.1, -0.05) is 11.6 Å². The summed E-state index contributed by atoms with van der Waals surface area (Å²) in [6.45, 7) is 2.33. The molecule has 0 aliphatic carbocycles. The molecule has 1 amide bonds. The van der Waals surface area contributed by atoms with Crippen LogP contribution < -0.4 is 11.1 Å². The fourth-order valence-corrected chi connectivity index (χ4v) is 4.08. The fraction of sp³-hybridized carbons (Fsp3) is 0.417. The van der Waals surface area contributed by atoms with E-state index in [1.54, 1.807) is 6.92 Å². The van der Waals surface area contributed by atoms with Gasteiger partial charge in [0.15, 0.2) is 0 Å². The first-order chi connectivity index (χ1) is 9.32. The molecule has 1 aromatic rings. The monoisotopic (exact) mass is 317 g/mol. The number of amides is 1. The Labute approximate surface area is 122 Å². The van der Waals surface area contributed by atoms with Gasteiger partial charge in [-0.2, -0.15) is 4.31 Å². The first-order valence-electron chi connectivity index (χ1n) is 6.15. The average molecular weight is 318 g/mol. The Kier molecular flexibility index (Phi) is 4.22. The Morgan fingerprint density at radius 2 is 2.05 bits per heavy atom. The number of rotatable bonds is 2. The van der Waals surface area contributed by atoms with Crippen LogP contribution in [0.3, 0.4) is 0 Å². The summed E-state index contributed by atoms with van der Waals surface area (Å²) in [5.74, 6) is -0.148. The summed E-state index contributed by atoms with van der Waals surface area (Å²) in [5.41, 5.74) is 6.57. The number of nitrogens with two attached hydrogens (primary N) is 1. The molecule has 110 valence electrons. The van der Waals surface area contributed by atoms with Gasteiger partial charge in [0.05, 0.1) is 4.90 Å². The van der Waals surface area contributed by atoms with E-state index >= 15 is 0 Å². The van der Waals surface area contributed by atoms with Crippen molar-refractivity contribution in [3.05, 3.63) is 22.7 Å². The Balaban J connectivity index is 2.42. The zero-order chi connectivity index (χ0) is 14.9. The number of carbonyl (C=O) groups is 1. The third-order valence-electron chi connectivity index (χ3n) is 3.25. The van der Waals surface area contributed by atoms with E-state index in [2.05, 4.69) is 5.32 Å². The van der Waals surface area contributed by atoms with E-state index < -0.39 is 10.0 Å². The molecule has 1 saturated heterocycles. The van der Waals surface area contributed by atoms with Crippen LogP contribution in [-0.4, -0.2) is 38.3 Å². The number of carbonyl (C=O) groups excluding carboxylic acids is 1. The summed E-state index contributed by atoms with van der Waals surface area (Å²) in [6, 6.07) is 2.91. The molecule has 1 aromatic carbocycles. The second-order valence-corrected chi connectivity index (χ2v) is 6.96. The first kappa shape index (κ1) is 15.1. The van der Waals surface area contributed by atoms with Crippen molar-refractivity contribution in [2.45, 2.75) is 18.2 Å². The summed E-state index contributed by atoms with van der Waals surface area (Å²) in [4.78, 5) is 11.4. The number of anilines is 1. The van der Waals surface area contributed by atoms with Crippen LogP contribution >= 0.6 is 11.6 Å². The van der Waals surface area contributed by atoms with Crippen LogP contribution in [0.1, 0.15) is 12.0 Å². The third kappa shape index (κ3) is 2.89. The highest BCUT2D eigenvalue weighted by Gasteiger charge is 2.28. The summed E-state index contributed by atoms with van der Waals surface area (Å²) in [5, 5.41) is 2.91. The van der Waals surface area contributed by atoms with Crippen LogP contribution in [-0.2, 0) is 14.8 Å². The van der Waals surface area contributed by atoms with Crippen molar-refractivity contribution in [3.8, 4) is 0 Å². The zero-order valence-electron chi connectivity index (χ0n) is 11.0. The minimum absolute atomic E-state index is 0.0943. The molecule has 0 bridgehead atoms. The number of sulfonamides is 1. The minimum atomic E-state index is -3.71. The average Bonchev–Trinajstić information content (AvgIpc) is 2.58. The molecule has 0 radical (unpaired) electrons. The number of nitrogens with one attached hydrogen (secondary N) is 1. The molecule has 0 atom stereocenters. The highest BCUT2D eigenvalue weighted by molar-refractivity contribution is 7.89. The molecule has 0 spiro atoms. The van der Waals surface area contributed by atoms with E-state index in [0.717, 1.165) is 0 Å². The molecule has 20 heavy (non-hydrogen) atoms. The highest BCUT2D eigenvalue weighted by atomic mass is 35.5. The molecule has 0 aromatic heterocycles. The number of benzene rings is 1. The largest absolute Gasteiger partial charge is 0.398 e. The van der Waals surface area contributed by atoms with Gasteiger partial charge < -0.3 is 11.1 Å². The molecule has 1 aliphatic heterocycles. The Morgan fingerprint density at radius 3 is 2.75 bits per heavy atom. The van der Waals surface area contributed by atoms with Crippen LogP contribution in [0.25, 0.3) is 0 Å². The van der Waals surface area contributed by atoms with E-state index in [-0.39, 0.29) is 35.3 Å². The van der Waals surface area contributed by atoms with E-state index in [1.807, 2.05) is 0 Å². The third-order valence-corrected chi connectivity index (χ3v) is 5.50. The standard InChI is InChI=1S/C12H16ClN3O3S/c1-8-10(14)6-9(13)7-11(8)20(18,19)16-4-2-12(17)15-3-5-16/h6-7H,2-5,14H2,1H3,(H,15,17). The van der Waals surface area contributed by atoms with Gasteiger partial charge in [-0.15, -0.1) is 0 Å². The van der Waals surface area contributed by atoms with Crippen molar-refractivity contribution in [1.82, 2.24) is 9.62 Å². The second-order valence-electron chi connectivity index (χ2n) is 4.62. The van der Waals surface area contributed by atoms with Gasteiger partial charge in [0.25, 0.3) is 0 Å². The summed E-state index contributed by atoms with van der Waals surface area (Å²) in [7, 11) is -3.71. The lowest BCUT2D eigenvalue weighted by Gasteiger charge is -2.21. The number of nitrogens with zero attached hydrogens (tertiary/aromatic N) is 1. The molecular weight excluding hydrogens is 302 g/mol. The molecule has 1 aliphatic rings. The van der Waals surface area contributed by atoms with Gasteiger partial charge in [0.1, 0.15) is 0 Å². The van der Waals surface area contributed by atoms with Crippen molar-refractivity contribution in [3.63, 3.8) is 0 Å². The van der Waals surface area contributed by atoms with Crippen molar-refractivity contribution in [1.29, 1.82) is 0 Å². The van der Waals surface area contributed by atoms with Gasteiger partial charge in [0, 0.05) is 36.8 Å². The van der Waals surface area contributed by atoms with Gasteiger partial charge in [0.2, 0.25) is 15.9 Å². The summed E-state index contributed by atoms with van der Waals surface area (Å²) < 4.78 is 26.6. The minimum Gasteiger partial charge on any atom is -0.398 e. The molecule has 3 N–H and O–H groups in total. The summed E-state index contributed by atoms with van der Waals surface area (Å²) >= 11 is 5.89. The van der Waals surface area contributed by atoms with E-state index in [9.17, 15) is 13.2 Å². The lowest BCUT2D eigenvalue weighted by atomic mass is 10.2. The number of hydrogen-bond acceptors (Lipinski definition) is 4. The fourth-order valence-electron chi connectivity index (χ4n) is 2.07. The lowest BCUT2D eigenvalue weighted by Crippen LogP contribution is -2.34. The van der Waals surface area contributed by atoms with Crippen LogP contribution in [0.2, 0.25) is 5.02 Å². The molecule has 0 saturated carbocycles. The normalized spacial score (nSPS) is 17.6. The Morgan fingerprint density at radius 1 is 1.35 bits per heavy atom. The van der Waals surface area contributed by atoms with Gasteiger partial charge in [-0.3, -0.25) is 4.79 Å². The topological polar surface area (TPSA) is 92.5 Å². The maximum atomic E-state index is 12.6. The molecule has 8 heteroatoms. The molecular formula is C12H16ClN3O3S. The summed E-state index contributed by atoms with van der Waals surface area (Å²) in [6.07, 6.45) is 0.147. The Hall–Kier alpha value is -1.31. The molecule has 1 heterocycles. The van der Waals surface area contributed by atoms with Gasteiger partial charge in [-0.05, 0) is 24.6 Å². The number of hydrogen-bond donors (Lipinski definition) is 2. The van der Waals surface area contributed by atoms with Crippen LogP contribution in [0.4, 0.5) is 5.69 Å². The first-order valence-corrected chi connectivity index (χ1v) is 7.96. The molecule has 2 rings (SSSR count). The van der Waals surface area contributed by atoms with Gasteiger partial charge in [-0.25, -0.2) is 8.42 Å². The molecule has 0 unspecified atom stereocenters. The number of nitrogen functional groups attached to an aromatic ring is 1. The predicted molar refractivity (Wildman–Crippen MR) is 77.0 cm³/mol. The maximum Gasteiger partial charge on any atom is 0.243 e.